The first-order valence-corrected chi connectivity index (χ1v) is 11.8. The molecule has 4 rings (SSSR count). The molecule has 0 bridgehead atoms. The van der Waals surface area contributed by atoms with Crippen LogP contribution in [-0.2, 0) is 22.4 Å². The molecule has 8 heteroatoms. The van der Waals surface area contributed by atoms with Crippen molar-refractivity contribution in [1.82, 2.24) is 5.32 Å². The van der Waals surface area contributed by atoms with Gasteiger partial charge < -0.3 is 35.6 Å². The quantitative estimate of drug-likeness (QED) is 0.368. The van der Waals surface area contributed by atoms with E-state index < -0.39 is 43.1 Å². The third-order valence-corrected chi connectivity index (χ3v) is 6.37. The van der Waals surface area contributed by atoms with Gasteiger partial charge in [-0.2, -0.15) is 0 Å². The second kappa shape index (κ2) is 12.4. The number of benzene rings is 2. The Kier molecular flexibility index (Phi) is 9.58. The minimum absolute atomic E-state index is 0.269. The lowest BCUT2D eigenvalue weighted by Gasteiger charge is -2.40. The van der Waals surface area contributed by atoms with Crippen LogP contribution in [0.2, 0.25) is 0 Å². The fourth-order valence-electron chi connectivity index (χ4n) is 4.28. The SMILES string of the molecule is CCc1ccc(Cc2cccc(C3OC(CO)C(O)C(O)C3O)c2)cc1.O=C(O)[C@@H]1CCCN1. The third-order valence-electron chi connectivity index (χ3n) is 6.37. The van der Waals surface area contributed by atoms with Gasteiger partial charge in [-0.05, 0) is 54.5 Å². The number of hydrogen-bond acceptors (Lipinski definition) is 7. The Bertz CT molecular complexity index is 912. The van der Waals surface area contributed by atoms with E-state index in [9.17, 15) is 25.2 Å². The lowest BCUT2D eigenvalue weighted by molar-refractivity contribution is -0.231. The minimum Gasteiger partial charge on any atom is -0.480 e. The molecule has 0 aliphatic carbocycles. The zero-order valence-corrected chi connectivity index (χ0v) is 19.4. The molecule has 6 atom stereocenters. The zero-order chi connectivity index (χ0) is 24.7. The molecule has 0 amide bonds. The van der Waals surface area contributed by atoms with Crippen LogP contribution in [0.4, 0.5) is 0 Å². The molecule has 5 unspecified atom stereocenters. The Hall–Kier alpha value is -2.33. The fraction of sp³-hybridized carbons (Fsp3) is 0.500. The number of nitrogens with one attached hydrogen (secondary N) is 1. The van der Waals surface area contributed by atoms with Gasteiger partial charge in [-0.3, -0.25) is 4.79 Å². The van der Waals surface area contributed by atoms with Gasteiger partial charge in [0.05, 0.1) is 6.61 Å². The maximum absolute atomic E-state index is 10.3. The van der Waals surface area contributed by atoms with E-state index in [4.69, 9.17) is 9.84 Å². The summed E-state index contributed by atoms with van der Waals surface area (Å²) in [6.07, 6.45) is -2.12. The van der Waals surface area contributed by atoms with Gasteiger partial charge >= 0.3 is 5.97 Å². The second-order valence-electron chi connectivity index (χ2n) is 8.83. The minimum atomic E-state index is -1.36. The number of carboxylic acids is 1. The Morgan fingerprint density at radius 2 is 1.71 bits per heavy atom. The highest BCUT2D eigenvalue weighted by molar-refractivity contribution is 5.73. The summed E-state index contributed by atoms with van der Waals surface area (Å²) in [4.78, 5) is 10.1. The molecule has 34 heavy (non-hydrogen) atoms. The number of rotatable bonds is 6. The fourth-order valence-corrected chi connectivity index (χ4v) is 4.28. The highest BCUT2D eigenvalue weighted by Crippen LogP contribution is 2.32. The summed E-state index contributed by atoms with van der Waals surface area (Å²) in [5.74, 6) is -0.720. The van der Waals surface area contributed by atoms with Gasteiger partial charge in [0, 0.05) is 0 Å². The van der Waals surface area contributed by atoms with E-state index in [1.54, 1.807) is 0 Å². The van der Waals surface area contributed by atoms with E-state index in [1.165, 1.54) is 11.1 Å². The predicted octanol–water partition coefficient (Wildman–Crippen LogP) is 1.18. The number of aryl methyl sites for hydroxylation is 1. The number of aliphatic hydroxyl groups is 4. The van der Waals surface area contributed by atoms with Crippen LogP contribution in [-0.4, -0.2) is 75.1 Å². The zero-order valence-electron chi connectivity index (χ0n) is 19.4. The molecule has 2 fully saturated rings. The van der Waals surface area contributed by atoms with Gasteiger partial charge in [0.2, 0.25) is 0 Å². The highest BCUT2D eigenvalue weighted by Gasteiger charge is 2.43. The van der Waals surface area contributed by atoms with Gasteiger partial charge in [0.1, 0.15) is 36.6 Å². The lowest BCUT2D eigenvalue weighted by atomic mass is 9.90. The number of carbonyl (C=O) groups is 1. The largest absolute Gasteiger partial charge is 0.480 e. The maximum Gasteiger partial charge on any atom is 0.320 e. The van der Waals surface area contributed by atoms with Crippen molar-refractivity contribution >= 4 is 5.97 Å². The first-order chi connectivity index (χ1) is 16.3. The predicted molar refractivity (Wildman–Crippen MR) is 126 cm³/mol. The first kappa shape index (κ1) is 26.3. The smallest absolute Gasteiger partial charge is 0.320 e. The molecule has 186 valence electrons. The van der Waals surface area contributed by atoms with Crippen molar-refractivity contribution in [2.24, 2.45) is 0 Å². The standard InChI is InChI=1S/C21H26O5.C5H9NO2/c1-2-13-6-8-14(9-7-13)10-15-4-3-5-16(11-15)21-20(25)19(24)18(23)17(12-22)26-21;7-5(8)4-2-1-3-6-4/h3-9,11,17-25H,2,10,12H2,1H3;4,6H,1-3H2,(H,7,8)/t;4-/m.0/s1. The van der Waals surface area contributed by atoms with Crippen LogP contribution in [0.25, 0.3) is 0 Å². The molecule has 2 heterocycles. The molecular weight excluding hydrogens is 438 g/mol. The Morgan fingerprint density at radius 1 is 1.00 bits per heavy atom. The summed E-state index contributed by atoms with van der Waals surface area (Å²) in [5, 5.41) is 50.8. The van der Waals surface area contributed by atoms with Crippen molar-refractivity contribution in [3.05, 3.63) is 70.8 Å². The average molecular weight is 474 g/mol. The van der Waals surface area contributed by atoms with E-state index in [0.717, 1.165) is 37.8 Å². The van der Waals surface area contributed by atoms with Crippen LogP contribution < -0.4 is 5.32 Å². The molecule has 2 aliphatic heterocycles. The lowest BCUT2D eigenvalue weighted by Crippen LogP contribution is -2.55. The number of ether oxygens (including phenoxy) is 1. The normalized spacial score (nSPS) is 28.7. The molecule has 0 aromatic heterocycles. The van der Waals surface area contributed by atoms with Crippen LogP contribution in [0.5, 0.6) is 0 Å². The molecule has 6 N–H and O–H groups in total. The van der Waals surface area contributed by atoms with Crippen molar-refractivity contribution in [3.8, 4) is 0 Å². The van der Waals surface area contributed by atoms with Crippen LogP contribution in [0.3, 0.4) is 0 Å². The Labute approximate surface area is 199 Å². The van der Waals surface area contributed by atoms with Crippen LogP contribution in [0.15, 0.2) is 48.5 Å². The van der Waals surface area contributed by atoms with Gasteiger partial charge in [0.25, 0.3) is 0 Å². The molecule has 2 aliphatic rings. The molecular formula is C26H35NO7. The summed E-state index contributed by atoms with van der Waals surface area (Å²) in [7, 11) is 0. The molecule has 0 spiro atoms. The van der Waals surface area contributed by atoms with Crippen LogP contribution >= 0.6 is 0 Å². The molecule has 2 aromatic rings. The second-order valence-corrected chi connectivity index (χ2v) is 8.83. The molecule has 8 nitrogen and oxygen atoms in total. The maximum atomic E-state index is 10.3. The van der Waals surface area contributed by atoms with Gasteiger partial charge in [0.15, 0.2) is 0 Å². The number of aliphatic hydroxyl groups excluding tert-OH is 4. The van der Waals surface area contributed by atoms with Crippen molar-refractivity contribution in [2.75, 3.05) is 13.2 Å². The molecule has 2 aromatic carbocycles. The summed E-state index contributed by atoms with van der Waals surface area (Å²) < 4.78 is 5.64. The van der Waals surface area contributed by atoms with E-state index in [-0.39, 0.29) is 6.04 Å². The van der Waals surface area contributed by atoms with E-state index >= 15 is 0 Å². The van der Waals surface area contributed by atoms with Gasteiger partial charge in [-0.1, -0.05) is 55.5 Å². The first-order valence-electron chi connectivity index (χ1n) is 11.8. The molecule has 0 saturated carbocycles. The Morgan fingerprint density at radius 3 is 2.26 bits per heavy atom. The Balaban J connectivity index is 0.000000343. The van der Waals surface area contributed by atoms with E-state index in [0.29, 0.717) is 5.56 Å². The number of aliphatic carboxylic acids is 1. The summed E-state index contributed by atoms with van der Waals surface area (Å²) in [6.45, 7) is 2.56. The topological polar surface area (TPSA) is 139 Å². The average Bonchev–Trinajstić information content (AvgIpc) is 3.40. The van der Waals surface area contributed by atoms with Crippen molar-refractivity contribution < 1.29 is 35.1 Å². The number of hydrogen-bond donors (Lipinski definition) is 6. The van der Waals surface area contributed by atoms with Crippen LogP contribution in [0, 0.1) is 0 Å². The highest BCUT2D eigenvalue weighted by atomic mass is 16.5. The van der Waals surface area contributed by atoms with Crippen molar-refractivity contribution in [2.45, 2.75) is 69.2 Å². The molecule has 2 saturated heterocycles. The summed E-state index contributed by atoms with van der Waals surface area (Å²) in [5.41, 5.74) is 4.25. The summed E-state index contributed by atoms with van der Waals surface area (Å²) in [6, 6.07) is 15.8. The monoisotopic (exact) mass is 473 g/mol. The van der Waals surface area contributed by atoms with Gasteiger partial charge in [-0.25, -0.2) is 0 Å². The summed E-state index contributed by atoms with van der Waals surface area (Å²) >= 11 is 0. The van der Waals surface area contributed by atoms with E-state index in [1.807, 2.05) is 24.3 Å². The van der Waals surface area contributed by atoms with Crippen molar-refractivity contribution in [3.63, 3.8) is 0 Å². The number of carboxylic acid groups (broad SMARTS) is 1. The molecule has 0 radical (unpaired) electrons. The van der Waals surface area contributed by atoms with Crippen molar-refractivity contribution in [1.29, 1.82) is 0 Å². The third kappa shape index (κ3) is 6.63. The van der Waals surface area contributed by atoms with Crippen LogP contribution in [0.1, 0.15) is 48.1 Å². The van der Waals surface area contributed by atoms with Gasteiger partial charge in [-0.15, -0.1) is 0 Å². The van der Waals surface area contributed by atoms with E-state index in [2.05, 4.69) is 36.5 Å².